The second-order valence-electron chi connectivity index (χ2n) is 10.6. The lowest BCUT2D eigenvalue weighted by atomic mass is 9.80. The molecule has 5 aromatic rings. The van der Waals surface area contributed by atoms with E-state index in [2.05, 4.69) is 50.8 Å². The number of esters is 1. The summed E-state index contributed by atoms with van der Waals surface area (Å²) in [7, 11) is 1.47. The minimum absolute atomic E-state index is 0.113. The van der Waals surface area contributed by atoms with Gasteiger partial charge in [-0.05, 0) is 74.8 Å². The van der Waals surface area contributed by atoms with Crippen molar-refractivity contribution in [1.82, 2.24) is 24.4 Å². The van der Waals surface area contributed by atoms with Crippen molar-refractivity contribution in [3.8, 4) is 28.3 Å². The van der Waals surface area contributed by atoms with Gasteiger partial charge in [0.25, 0.3) is 0 Å². The van der Waals surface area contributed by atoms with Gasteiger partial charge < -0.3 is 10.5 Å². The summed E-state index contributed by atoms with van der Waals surface area (Å²) in [6.07, 6.45) is 3.27. The number of ether oxygens (including phenoxy) is 1. The van der Waals surface area contributed by atoms with Crippen molar-refractivity contribution >= 4 is 23.0 Å². The fourth-order valence-electron chi connectivity index (χ4n) is 5.42. The maximum Gasteiger partial charge on any atom is 0.311 e. The number of imidazole rings is 1. The molecule has 1 saturated heterocycles. The Hall–Kier alpha value is -4.56. The van der Waals surface area contributed by atoms with E-state index < -0.39 is 5.41 Å². The van der Waals surface area contributed by atoms with Gasteiger partial charge in [-0.1, -0.05) is 42.5 Å². The quantitative estimate of drug-likeness (QED) is 0.288. The molecule has 0 amide bonds. The van der Waals surface area contributed by atoms with Gasteiger partial charge in [0.05, 0.1) is 23.8 Å². The largest absolute Gasteiger partial charge is 0.469 e. The molecule has 1 aliphatic rings. The minimum atomic E-state index is -0.395. The van der Waals surface area contributed by atoms with Crippen LogP contribution >= 0.6 is 0 Å². The molecule has 40 heavy (non-hydrogen) atoms. The highest BCUT2D eigenvalue weighted by molar-refractivity contribution is 5.84. The zero-order valence-corrected chi connectivity index (χ0v) is 22.7. The highest BCUT2D eigenvalue weighted by Gasteiger charge is 2.37. The molecule has 4 heterocycles. The molecule has 1 fully saturated rings. The van der Waals surface area contributed by atoms with Gasteiger partial charge in [0.15, 0.2) is 11.5 Å². The Labute approximate surface area is 233 Å². The Bertz CT molecular complexity index is 1650. The Morgan fingerprint density at radius 3 is 2.40 bits per heavy atom. The monoisotopic (exact) mass is 532 g/mol. The van der Waals surface area contributed by atoms with Gasteiger partial charge in [0.2, 0.25) is 0 Å². The molecule has 0 spiro atoms. The number of anilines is 1. The first-order chi connectivity index (χ1) is 19.4. The Kier molecular flexibility index (Phi) is 6.77. The Morgan fingerprint density at radius 2 is 1.70 bits per heavy atom. The fourth-order valence-corrected chi connectivity index (χ4v) is 5.42. The number of fused-ring (bicyclic) bond motifs is 1. The molecule has 0 atom stereocenters. The summed E-state index contributed by atoms with van der Waals surface area (Å²) in [5.74, 6) is 1.00. The van der Waals surface area contributed by atoms with Crippen LogP contribution in [0.1, 0.15) is 25.3 Å². The van der Waals surface area contributed by atoms with Gasteiger partial charge in [-0.2, -0.15) is 0 Å². The SMILES string of the molecule is COC(=O)C1(C)CCN(Cc2ccc(-n3c(-c4cccnc4N)nc4ccc(-c5ccccc5)nc43)cc2)CC1. The maximum absolute atomic E-state index is 12.2. The average Bonchev–Trinajstić information content (AvgIpc) is 3.37. The summed E-state index contributed by atoms with van der Waals surface area (Å²) < 4.78 is 7.08. The molecule has 2 N–H and O–H groups in total. The van der Waals surface area contributed by atoms with E-state index in [9.17, 15) is 4.79 Å². The predicted molar refractivity (Wildman–Crippen MR) is 157 cm³/mol. The highest BCUT2D eigenvalue weighted by Crippen LogP contribution is 2.34. The molecule has 3 aromatic heterocycles. The number of hydrogen-bond acceptors (Lipinski definition) is 7. The van der Waals surface area contributed by atoms with Crippen LogP contribution in [-0.4, -0.2) is 50.6 Å². The molecule has 202 valence electrons. The van der Waals surface area contributed by atoms with Crippen molar-refractivity contribution in [2.45, 2.75) is 26.3 Å². The molecule has 1 aliphatic heterocycles. The number of piperidine rings is 1. The first kappa shape index (κ1) is 25.7. The minimum Gasteiger partial charge on any atom is -0.469 e. The zero-order valence-electron chi connectivity index (χ0n) is 22.7. The lowest BCUT2D eigenvalue weighted by molar-refractivity contribution is -0.154. The van der Waals surface area contributed by atoms with E-state index in [-0.39, 0.29) is 5.97 Å². The van der Waals surface area contributed by atoms with Gasteiger partial charge in [-0.3, -0.25) is 14.3 Å². The number of carbonyl (C=O) groups is 1. The number of rotatable bonds is 6. The van der Waals surface area contributed by atoms with Crippen molar-refractivity contribution in [3.63, 3.8) is 0 Å². The third-order valence-electron chi connectivity index (χ3n) is 7.89. The van der Waals surface area contributed by atoms with Crippen LogP contribution in [0, 0.1) is 5.41 Å². The number of nitrogen functional groups attached to an aromatic ring is 1. The number of nitrogens with two attached hydrogens (primary N) is 1. The molecule has 0 bridgehead atoms. The third kappa shape index (κ3) is 4.82. The second-order valence-corrected chi connectivity index (χ2v) is 10.6. The van der Waals surface area contributed by atoms with E-state index in [1.54, 1.807) is 6.20 Å². The van der Waals surface area contributed by atoms with Gasteiger partial charge >= 0.3 is 5.97 Å². The number of hydrogen-bond donors (Lipinski definition) is 1. The first-order valence-corrected chi connectivity index (χ1v) is 13.5. The van der Waals surface area contributed by atoms with E-state index in [1.807, 2.05) is 49.4 Å². The van der Waals surface area contributed by atoms with Crippen molar-refractivity contribution in [3.05, 3.63) is 90.6 Å². The van der Waals surface area contributed by atoms with E-state index in [0.717, 1.165) is 66.1 Å². The molecule has 0 saturated carbocycles. The lowest BCUT2D eigenvalue weighted by Crippen LogP contribution is -2.42. The summed E-state index contributed by atoms with van der Waals surface area (Å²) in [4.78, 5) is 28.9. The van der Waals surface area contributed by atoms with Gasteiger partial charge in [-0.15, -0.1) is 0 Å². The third-order valence-corrected chi connectivity index (χ3v) is 7.89. The number of aromatic nitrogens is 4. The van der Waals surface area contributed by atoms with Crippen molar-refractivity contribution in [2.24, 2.45) is 5.41 Å². The van der Waals surface area contributed by atoms with Crippen molar-refractivity contribution < 1.29 is 9.53 Å². The average molecular weight is 533 g/mol. The zero-order chi connectivity index (χ0) is 27.7. The summed E-state index contributed by atoms with van der Waals surface area (Å²) in [6.45, 7) is 4.54. The topological polar surface area (TPSA) is 99.2 Å². The van der Waals surface area contributed by atoms with Crippen LogP contribution < -0.4 is 5.73 Å². The molecular weight excluding hydrogens is 500 g/mol. The summed E-state index contributed by atoms with van der Waals surface area (Å²) >= 11 is 0. The smallest absolute Gasteiger partial charge is 0.311 e. The van der Waals surface area contributed by atoms with Crippen molar-refractivity contribution in [2.75, 3.05) is 25.9 Å². The highest BCUT2D eigenvalue weighted by atomic mass is 16.5. The van der Waals surface area contributed by atoms with Crippen LogP contribution in [-0.2, 0) is 16.1 Å². The molecule has 8 nitrogen and oxygen atoms in total. The van der Waals surface area contributed by atoms with Gasteiger partial charge in [-0.25, -0.2) is 15.0 Å². The Balaban J connectivity index is 1.34. The van der Waals surface area contributed by atoms with Gasteiger partial charge in [0.1, 0.15) is 11.3 Å². The summed E-state index contributed by atoms with van der Waals surface area (Å²) in [5, 5.41) is 0. The number of likely N-dealkylation sites (tertiary alicyclic amines) is 1. The number of benzene rings is 2. The molecule has 8 heteroatoms. The predicted octanol–water partition coefficient (Wildman–Crippen LogP) is 5.51. The second kappa shape index (κ2) is 10.5. The van der Waals surface area contributed by atoms with Crippen LogP contribution in [0.5, 0.6) is 0 Å². The molecule has 6 rings (SSSR count). The van der Waals surface area contributed by atoms with Gasteiger partial charge in [0, 0.05) is 24.0 Å². The summed E-state index contributed by atoms with van der Waals surface area (Å²) in [6, 6.07) is 26.4. The summed E-state index contributed by atoms with van der Waals surface area (Å²) in [5.41, 5.74) is 12.3. The Morgan fingerprint density at radius 1 is 0.950 bits per heavy atom. The number of methoxy groups -OCH3 is 1. The van der Waals surface area contributed by atoms with Crippen LogP contribution in [0.4, 0.5) is 5.82 Å². The number of carbonyl (C=O) groups excluding carboxylic acids is 1. The molecular formula is C32H32N6O2. The van der Waals surface area contributed by atoms with Crippen LogP contribution in [0.25, 0.3) is 39.5 Å². The van der Waals surface area contributed by atoms with Crippen LogP contribution in [0.3, 0.4) is 0 Å². The molecule has 0 unspecified atom stereocenters. The molecule has 0 aliphatic carbocycles. The van der Waals surface area contributed by atoms with E-state index >= 15 is 0 Å². The van der Waals surface area contributed by atoms with E-state index in [1.165, 1.54) is 12.7 Å². The first-order valence-electron chi connectivity index (χ1n) is 13.5. The van der Waals surface area contributed by atoms with E-state index in [0.29, 0.717) is 11.6 Å². The fraction of sp³-hybridized carbons (Fsp3) is 0.250. The van der Waals surface area contributed by atoms with Crippen LogP contribution in [0.2, 0.25) is 0 Å². The molecule has 2 aromatic carbocycles. The normalized spacial score (nSPS) is 15.2. The maximum atomic E-state index is 12.2. The standard InChI is InChI=1S/C32H32N6O2/c1-32(31(39)40-2)16-19-37(20-17-32)21-22-10-12-24(13-11-22)38-29(25-9-6-18-34-28(25)33)36-27-15-14-26(35-30(27)38)23-7-4-3-5-8-23/h3-15,18H,16-17,19-21H2,1-2H3,(H2,33,34). The lowest BCUT2D eigenvalue weighted by Gasteiger charge is -2.37. The number of pyridine rings is 2. The molecule has 0 radical (unpaired) electrons. The van der Waals surface area contributed by atoms with E-state index in [4.69, 9.17) is 20.4 Å². The van der Waals surface area contributed by atoms with Crippen molar-refractivity contribution in [1.29, 1.82) is 0 Å². The number of nitrogens with zero attached hydrogens (tertiary/aromatic N) is 5. The van der Waals surface area contributed by atoms with Crippen LogP contribution in [0.15, 0.2) is 85.1 Å².